The van der Waals surface area contributed by atoms with E-state index in [0.29, 0.717) is 6.54 Å². The second-order valence-electron chi connectivity index (χ2n) is 8.52. The van der Waals surface area contributed by atoms with Crippen molar-refractivity contribution in [1.82, 2.24) is 14.5 Å². The van der Waals surface area contributed by atoms with E-state index in [0.717, 1.165) is 28.3 Å². The first kappa shape index (κ1) is 21.5. The Hall–Kier alpha value is -2.71. The maximum Gasteiger partial charge on any atom is 0.247 e. The first-order valence-electron chi connectivity index (χ1n) is 10.4. The molecule has 1 saturated heterocycles. The Morgan fingerprint density at radius 2 is 1.74 bits per heavy atom. The fourth-order valence-corrected chi connectivity index (χ4v) is 5.59. The fourth-order valence-electron chi connectivity index (χ4n) is 4.09. The summed E-state index contributed by atoms with van der Waals surface area (Å²) in [7, 11) is -3.89. The second kappa shape index (κ2) is 8.09. The van der Waals surface area contributed by atoms with Crippen molar-refractivity contribution in [3.05, 3.63) is 65.7 Å². The van der Waals surface area contributed by atoms with E-state index < -0.39 is 15.6 Å². The van der Waals surface area contributed by atoms with E-state index in [-0.39, 0.29) is 35.8 Å². The summed E-state index contributed by atoms with van der Waals surface area (Å²) >= 11 is 0. The molecule has 2 aromatic carbocycles. The minimum Gasteiger partial charge on any atom is -0.350 e. The van der Waals surface area contributed by atoms with E-state index >= 15 is 0 Å². The lowest BCUT2D eigenvalue weighted by molar-refractivity contribution is -0.153. The molecule has 0 radical (unpaired) electrons. The second-order valence-corrected chi connectivity index (χ2v) is 10.5. The molecule has 2 aromatic rings. The molecule has 0 unspecified atom stereocenters. The van der Waals surface area contributed by atoms with Gasteiger partial charge in [-0.05, 0) is 44.4 Å². The van der Waals surface area contributed by atoms with Crippen LogP contribution < -0.4 is 5.32 Å². The zero-order chi connectivity index (χ0) is 22.2. The molecule has 1 atom stereocenters. The van der Waals surface area contributed by atoms with Crippen molar-refractivity contribution in [3.8, 4) is 0 Å². The van der Waals surface area contributed by atoms with Gasteiger partial charge in [-0.3, -0.25) is 9.59 Å². The topological polar surface area (TPSA) is 86.8 Å². The lowest BCUT2D eigenvalue weighted by Crippen LogP contribution is -2.70. The van der Waals surface area contributed by atoms with E-state index in [2.05, 4.69) is 5.32 Å². The Kier molecular flexibility index (Phi) is 5.61. The van der Waals surface area contributed by atoms with E-state index in [1.54, 1.807) is 30.0 Å². The number of sulfonamides is 1. The van der Waals surface area contributed by atoms with Crippen LogP contribution in [-0.2, 0) is 26.2 Å². The Labute approximate surface area is 183 Å². The van der Waals surface area contributed by atoms with E-state index in [9.17, 15) is 18.0 Å². The molecular weight excluding hydrogens is 414 g/mol. The Morgan fingerprint density at radius 3 is 2.35 bits per heavy atom. The first-order valence-corrected chi connectivity index (χ1v) is 11.9. The predicted molar refractivity (Wildman–Crippen MR) is 116 cm³/mol. The summed E-state index contributed by atoms with van der Waals surface area (Å²) in [6.07, 6.45) is 1.66. The number of amides is 2. The maximum atomic E-state index is 13.3. The van der Waals surface area contributed by atoms with Crippen molar-refractivity contribution in [3.63, 3.8) is 0 Å². The largest absolute Gasteiger partial charge is 0.350 e. The smallest absolute Gasteiger partial charge is 0.247 e. The third kappa shape index (κ3) is 4.22. The normalized spacial score (nSPS) is 22.4. The number of carbonyl (C=O) groups excluding carboxylic acids is 2. The van der Waals surface area contributed by atoms with Gasteiger partial charge >= 0.3 is 0 Å². The van der Waals surface area contributed by atoms with Gasteiger partial charge in [0.2, 0.25) is 21.8 Å². The number of hydrogen-bond donors (Lipinski definition) is 1. The van der Waals surface area contributed by atoms with Crippen LogP contribution in [0.5, 0.6) is 0 Å². The van der Waals surface area contributed by atoms with Gasteiger partial charge in [-0.1, -0.05) is 48.0 Å². The van der Waals surface area contributed by atoms with Gasteiger partial charge in [0.25, 0.3) is 0 Å². The van der Waals surface area contributed by atoms with Crippen LogP contribution >= 0.6 is 0 Å². The highest BCUT2D eigenvalue weighted by Gasteiger charge is 2.54. The molecule has 1 saturated carbocycles. The number of hydrogen-bond acceptors (Lipinski definition) is 4. The summed E-state index contributed by atoms with van der Waals surface area (Å²) in [5.74, 6) is -0.678. The summed E-state index contributed by atoms with van der Waals surface area (Å²) < 4.78 is 27.5. The SMILES string of the molecule is Cc1ccc(CNC(=O)[C@@]2(C)CN(S(=O)(=O)c3ccccc3)CC(=O)N2C2CC2)cc1. The number of rotatable bonds is 6. The number of nitrogens with zero attached hydrogens (tertiary/aromatic N) is 2. The quantitative estimate of drug-likeness (QED) is 0.744. The number of piperazine rings is 1. The van der Waals surface area contributed by atoms with Gasteiger partial charge in [-0.25, -0.2) is 8.42 Å². The standard InChI is InChI=1S/C23H27N3O4S/c1-17-8-10-18(11-9-17)14-24-22(28)23(2)16-25(15-21(27)26(23)19-12-13-19)31(29,30)20-6-4-3-5-7-20/h3-11,19H,12-16H2,1-2H3,(H,24,28)/t23-/m1/s1. The van der Waals surface area contributed by atoms with Crippen molar-refractivity contribution >= 4 is 21.8 Å². The summed E-state index contributed by atoms with van der Waals surface area (Å²) in [6, 6.07) is 15.8. The van der Waals surface area contributed by atoms with Crippen LogP contribution in [0.1, 0.15) is 30.9 Å². The zero-order valence-corrected chi connectivity index (χ0v) is 18.6. The van der Waals surface area contributed by atoms with Crippen molar-refractivity contribution in [1.29, 1.82) is 0 Å². The molecule has 1 heterocycles. The average molecular weight is 442 g/mol. The van der Waals surface area contributed by atoms with Crippen molar-refractivity contribution in [2.24, 2.45) is 0 Å². The van der Waals surface area contributed by atoms with E-state index in [4.69, 9.17) is 0 Å². The van der Waals surface area contributed by atoms with Gasteiger partial charge in [0.05, 0.1) is 11.4 Å². The van der Waals surface area contributed by atoms with Gasteiger partial charge in [-0.15, -0.1) is 0 Å². The van der Waals surface area contributed by atoms with Gasteiger partial charge < -0.3 is 10.2 Å². The summed E-state index contributed by atoms with van der Waals surface area (Å²) in [5.41, 5.74) is 0.793. The van der Waals surface area contributed by atoms with Crippen molar-refractivity contribution in [2.45, 2.75) is 49.7 Å². The third-order valence-electron chi connectivity index (χ3n) is 5.95. The molecule has 4 rings (SSSR count). The lowest BCUT2D eigenvalue weighted by Gasteiger charge is -2.47. The monoisotopic (exact) mass is 441 g/mol. The fraction of sp³-hybridized carbons (Fsp3) is 0.391. The molecule has 31 heavy (non-hydrogen) atoms. The minimum absolute atomic E-state index is 0.01000. The van der Waals surface area contributed by atoms with Crippen molar-refractivity contribution in [2.75, 3.05) is 13.1 Å². The number of benzene rings is 2. The third-order valence-corrected chi connectivity index (χ3v) is 7.76. The molecule has 2 aliphatic rings. The summed E-state index contributed by atoms with van der Waals surface area (Å²) in [4.78, 5) is 28.1. The summed E-state index contributed by atoms with van der Waals surface area (Å²) in [6.45, 7) is 3.64. The van der Waals surface area contributed by atoms with Crippen LogP contribution in [0.3, 0.4) is 0 Å². The molecule has 7 nitrogen and oxygen atoms in total. The molecule has 8 heteroatoms. The molecule has 1 aliphatic carbocycles. The number of aryl methyl sites for hydroxylation is 1. The zero-order valence-electron chi connectivity index (χ0n) is 17.7. The maximum absolute atomic E-state index is 13.3. The van der Waals surface area contributed by atoms with E-state index in [1.807, 2.05) is 31.2 Å². The summed E-state index contributed by atoms with van der Waals surface area (Å²) in [5, 5.41) is 2.92. The van der Waals surface area contributed by atoms with Gasteiger partial charge in [0.1, 0.15) is 5.54 Å². The Balaban J connectivity index is 1.59. The van der Waals surface area contributed by atoms with Gasteiger partial charge in [-0.2, -0.15) is 4.31 Å². The van der Waals surface area contributed by atoms with E-state index in [1.165, 1.54) is 12.1 Å². The molecule has 164 valence electrons. The Morgan fingerprint density at radius 1 is 1.10 bits per heavy atom. The molecule has 2 fully saturated rings. The molecule has 2 amide bonds. The molecule has 1 N–H and O–H groups in total. The van der Waals surface area contributed by atoms with Crippen LogP contribution in [0, 0.1) is 6.92 Å². The Bertz CT molecular complexity index is 1080. The lowest BCUT2D eigenvalue weighted by atomic mass is 9.95. The van der Waals surface area contributed by atoms with Crippen LogP contribution in [0.15, 0.2) is 59.5 Å². The van der Waals surface area contributed by atoms with Crippen molar-refractivity contribution < 1.29 is 18.0 Å². The molecule has 0 aromatic heterocycles. The number of carbonyl (C=O) groups is 2. The minimum atomic E-state index is -3.89. The predicted octanol–water partition coefficient (Wildman–Crippen LogP) is 2.07. The first-order chi connectivity index (χ1) is 14.7. The van der Waals surface area contributed by atoms with Crippen LogP contribution in [0.4, 0.5) is 0 Å². The average Bonchev–Trinajstić information content (AvgIpc) is 3.58. The highest BCUT2D eigenvalue weighted by molar-refractivity contribution is 7.89. The molecule has 0 spiro atoms. The number of nitrogens with one attached hydrogen (secondary N) is 1. The molecule has 1 aliphatic heterocycles. The highest BCUT2D eigenvalue weighted by Crippen LogP contribution is 2.37. The molecular formula is C23H27N3O4S. The van der Waals surface area contributed by atoms with Gasteiger partial charge in [0.15, 0.2) is 0 Å². The van der Waals surface area contributed by atoms with Crippen LogP contribution in [0.2, 0.25) is 0 Å². The van der Waals surface area contributed by atoms with Crippen LogP contribution in [-0.4, -0.2) is 54.1 Å². The van der Waals surface area contributed by atoms with Crippen LogP contribution in [0.25, 0.3) is 0 Å². The highest BCUT2D eigenvalue weighted by atomic mass is 32.2. The molecule has 0 bridgehead atoms. The van der Waals surface area contributed by atoms with Gasteiger partial charge in [0, 0.05) is 19.1 Å².